The number of ketones is 1. The summed E-state index contributed by atoms with van der Waals surface area (Å²) in [5.41, 5.74) is 2.59. The number of hydrogen-bond acceptors (Lipinski definition) is 4. The van der Waals surface area contributed by atoms with Gasteiger partial charge in [0.1, 0.15) is 16.4 Å². The first-order valence-corrected chi connectivity index (χ1v) is 12.5. The van der Waals surface area contributed by atoms with Crippen molar-refractivity contribution in [2.45, 2.75) is 4.90 Å². The van der Waals surface area contributed by atoms with Crippen LogP contribution in [-0.2, 0) is 14.8 Å². The molecule has 9 heteroatoms. The molecule has 2 aromatic carbocycles. The van der Waals surface area contributed by atoms with Crippen LogP contribution in [0.15, 0.2) is 77.8 Å². The summed E-state index contributed by atoms with van der Waals surface area (Å²) in [5.74, 6) is -0.753. The Kier molecular flexibility index (Phi) is 5.99. The fraction of sp³-hybridized carbons (Fsp3) is 0.160. The molecule has 5 rings (SSSR count). The number of aromatic nitrogens is 1. The maximum Gasteiger partial charge on any atom is 0.244 e. The SMILES string of the molecule is O=C(c1ccc(Cl)c(S(=O)(=O)N2CCOCC2)c1)c1c(-c2ccc(F)cc2)cc2ccccn12. The average molecular weight is 499 g/mol. The molecule has 6 nitrogen and oxygen atoms in total. The van der Waals surface area contributed by atoms with Crippen LogP contribution >= 0.6 is 11.6 Å². The molecule has 0 atom stereocenters. The maximum atomic E-state index is 13.8. The zero-order chi connectivity index (χ0) is 23.9. The molecule has 0 bridgehead atoms. The molecule has 1 fully saturated rings. The van der Waals surface area contributed by atoms with Crippen molar-refractivity contribution in [2.24, 2.45) is 0 Å². The summed E-state index contributed by atoms with van der Waals surface area (Å²) in [7, 11) is -3.91. The number of halogens is 2. The molecule has 1 aliphatic heterocycles. The number of carbonyl (C=O) groups is 1. The van der Waals surface area contributed by atoms with E-state index in [1.54, 1.807) is 28.8 Å². The number of fused-ring (bicyclic) bond motifs is 1. The Morgan fingerprint density at radius 3 is 2.44 bits per heavy atom. The second-order valence-corrected chi connectivity index (χ2v) is 10.2. The minimum absolute atomic E-state index is 0.0433. The van der Waals surface area contributed by atoms with Gasteiger partial charge in [0.2, 0.25) is 15.8 Å². The van der Waals surface area contributed by atoms with Gasteiger partial charge in [0.25, 0.3) is 0 Å². The van der Waals surface area contributed by atoms with E-state index in [0.29, 0.717) is 30.0 Å². The van der Waals surface area contributed by atoms with Crippen LogP contribution < -0.4 is 0 Å². The first-order valence-electron chi connectivity index (χ1n) is 10.6. The first kappa shape index (κ1) is 22.7. The third-order valence-electron chi connectivity index (χ3n) is 5.83. The van der Waals surface area contributed by atoms with E-state index in [1.807, 2.05) is 18.2 Å². The highest BCUT2D eigenvalue weighted by Crippen LogP contribution is 2.32. The minimum Gasteiger partial charge on any atom is -0.379 e. The lowest BCUT2D eigenvalue weighted by Crippen LogP contribution is -2.40. The van der Waals surface area contributed by atoms with Crippen LogP contribution in [0.2, 0.25) is 5.02 Å². The molecule has 1 aliphatic rings. The predicted molar refractivity (Wildman–Crippen MR) is 127 cm³/mol. The molecule has 0 saturated carbocycles. The van der Waals surface area contributed by atoms with Crippen LogP contribution in [0.25, 0.3) is 16.6 Å². The van der Waals surface area contributed by atoms with E-state index in [2.05, 4.69) is 0 Å². The zero-order valence-corrected chi connectivity index (χ0v) is 19.5. The van der Waals surface area contributed by atoms with Gasteiger partial charge in [-0.1, -0.05) is 29.8 Å². The Labute approximate surface area is 201 Å². The standard InChI is InChI=1S/C25H20ClFN2O4S/c26-22-9-6-18(15-23(22)34(31,32)28-11-13-33-14-12-28)25(30)24-21(17-4-7-19(27)8-5-17)16-20-3-1-2-10-29(20)24/h1-10,15-16H,11-14H2. The highest BCUT2D eigenvalue weighted by molar-refractivity contribution is 7.89. The van der Waals surface area contributed by atoms with Crippen LogP contribution in [-0.4, -0.2) is 49.2 Å². The number of carbonyl (C=O) groups excluding carboxylic acids is 1. The van der Waals surface area contributed by atoms with Gasteiger partial charge in [-0.25, -0.2) is 12.8 Å². The van der Waals surface area contributed by atoms with E-state index in [4.69, 9.17) is 16.3 Å². The van der Waals surface area contributed by atoms with Gasteiger partial charge >= 0.3 is 0 Å². The topological polar surface area (TPSA) is 68.1 Å². The predicted octanol–water partition coefficient (Wildman–Crippen LogP) is 4.65. The van der Waals surface area contributed by atoms with Crippen molar-refractivity contribution in [1.29, 1.82) is 0 Å². The van der Waals surface area contributed by atoms with Gasteiger partial charge in [0.15, 0.2) is 0 Å². The number of pyridine rings is 1. The van der Waals surface area contributed by atoms with Crippen LogP contribution in [0.4, 0.5) is 4.39 Å². The maximum absolute atomic E-state index is 13.8. The van der Waals surface area contributed by atoms with E-state index in [0.717, 1.165) is 5.52 Å². The van der Waals surface area contributed by atoms with Crippen molar-refractivity contribution < 1.29 is 22.3 Å². The van der Waals surface area contributed by atoms with Crippen LogP contribution in [0.1, 0.15) is 16.1 Å². The van der Waals surface area contributed by atoms with Crippen molar-refractivity contribution in [2.75, 3.05) is 26.3 Å². The summed E-state index contributed by atoms with van der Waals surface area (Å²) in [6.07, 6.45) is 1.76. The van der Waals surface area contributed by atoms with E-state index in [-0.39, 0.29) is 40.2 Å². The molecule has 0 N–H and O–H groups in total. The molecule has 2 aromatic heterocycles. The Morgan fingerprint density at radius 1 is 0.971 bits per heavy atom. The number of nitrogens with zero attached hydrogens (tertiary/aromatic N) is 2. The molecule has 1 saturated heterocycles. The van der Waals surface area contributed by atoms with Crippen LogP contribution in [0.3, 0.4) is 0 Å². The molecule has 0 unspecified atom stereocenters. The normalized spacial score (nSPS) is 15.0. The van der Waals surface area contributed by atoms with Crippen LogP contribution in [0.5, 0.6) is 0 Å². The van der Waals surface area contributed by atoms with Gasteiger partial charge < -0.3 is 9.14 Å². The smallest absolute Gasteiger partial charge is 0.244 e. The zero-order valence-electron chi connectivity index (χ0n) is 17.9. The quantitative estimate of drug-likeness (QED) is 0.376. The van der Waals surface area contributed by atoms with E-state index < -0.39 is 10.0 Å². The Hall–Kier alpha value is -3.04. The minimum atomic E-state index is -3.91. The third-order valence-corrected chi connectivity index (χ3v) is 8.21. The summed E-state index contributed by atoms with van der Waals surface area (Å²) >= 11 is 6.28. The summed E-state index contributed by atoms with van der Waals surface area (Å²) in [6.45, 7) is 1.03. The molecular weight excluding hydrogens is 479 g/mol. The van der Waals surface area contributed by atoms with Gasteiger partial charge in [0.05, 0.1) is 18.2 Å². The van der Waals surface area contributed by atoms with Crippen molar-refractivity contribution in [3.8, 4) is 11.1 Å². The van der Waals surface area contributed by atoms with Gasteiger partial charge in [-0.15, -0.1) is 0 Å². The fourth-order valence-electron chi connectivity index (χ4n) is 4.11. The lowest BCUT2D eigenvalue weighted by atomic mass is 10.0. The highest BCUT2D eigenvalue weighted by atomic mass is 35.5. The van der Waals surface area contributed by atoms with Gasteiger partial charge in [-0.05, 0) is 54.1 Å². The first-order chi connectivity index (χ1) is 16.4. The Morgan fingerprint density at radius 2 is 1.71 bits per heavy atom. The fourth-order valence-corrected chi connectivity index (χ4v) is 6.02. The van der Waals surface area contributed by atoms with Crippen molar-refractivity contribution in [1.82, 2.24) is 8.71 Å². The Bertz CT molecular complexity index is 1490. The van der Waals surface area contributed by atoms with Crippen molar-refractivity contribution >= 4 is 32.9 Å². The Balaban J connectivity index is 1.63. The number of sulfonamides is 1. The van der Waals surface area contributed by atoms with Crippen molar-refractivity contribution in [3.63, 3.8) is 0 Å². The number of benzene rings is 2. The second-order valence-electron chi connectivity index (χ2n) is 7.90. The molecular formula is C25H20ClFN2O4S. The van der Waals surface area contributed by atoms with Gasteiger partial charge in [-0.2, -0.15) is 4.31 Å². The summed E-state index contributed by atoms with van der Waals surface area (Å²) in [5, 5.41) is 0.0433. The molecule has 174 valence electrons. The lowest BCUT2D eigenvalue weighted by Gasteiger charge is -2.26. The van der Waals surface area contributed by atoms with Crippen LogP contribution in [0, 0.1) is 5.82 Å². The average Bonchev–Trinajstić information content (AvgIpc) is 3.24. The highest BCUT2D eigenvalue weighted by Gasteiger charge is 2.30. The molecule has 0 radical (unpaired) electrons. The number of ether oxygens (including phenoxy) is 1. The third kappa shape index (κ3) is 4.03. The number of hydrogen-bond donors (Lipinski definition) is 0. The van der Waals surface area contributed by atoms with Gasteiger partial charge in [-0.3, -0.25) is 4.79 Å². The second kappa shape index (κ2) is 8.96. The summed E-state index contributed by atoms with van der Waals surface area (Å²) in [6, 6.07) is 17.5. The largest absolute Gasteiger partial charge is 0.379 e. The number of rotatable bonds is 5. The van der Waals surface area contributed by atoms with Crippen molar-refractivity contribution in [3.05, 3.63) is 95.0 Å². The molecule has 0 amide bonds. The molecule has 0 spiro atoms. The van der Waals surface area contributed by atoms with E-state index in [1.165, 1.54) is 34.6 Å². The molecule has 0 aliphatic carbocycles. The summed E-state index contributed by atoms with van der Waals surface area (Å²) in [4.78, 5) is 13.7. The number of morpholine rings is 1. The lowest BCUT2D eigenvalue weighted by molar-refractivity contribution is 0.0730. The molecule has 3 heterocycles. The van der Waals surface area contributed by atoms with Gasteiger partial charge in [0, 0.05) is 35.9 Å². The monoisotopic (exact) mass is 498 g/mol. The molecule has 4 aromatic rings. The summed E-state index contributed by atoms with van der Waals surface area (Å²) < 4.78 is 48.3. The molecule has 34 heavy (non-hydrogen) atoms. The van der Waals surface area contributed by atoms with E-state index in [9.17, 15) is 17.6 Å². The van der Waals surface area contributed by atoms with E-state index >= 15 is 0 Å².